The molecule has 0 heterocycles. The van der Waals surface area contributed by atoms with Crippen molar-refractivity contribution < 1.29 is 14.3 Å². The van der Waals surface area contributed by atoms with E-state index in [9.17, 15) is 9.59 Å². The van der Waals surface area contributed by atoms with Gasteiger partial charge in [0.2, 0.25) is 0 Å². The zero-order valence-corrected chi connectivity index (χ0v) is 9.34. The second-order valence-corrected chi connectivity index (χ2v) is 3.93. The lowest BCUT2D eigenvalue weighted by Crippen LogP contribution is -2.04. The molecule has 0 aliphatic rings. The Morgan fingerprint density at radius 1 is 1.21 bits per heavy atom. The topological polar surface area (TPSA) is 43.4 Å². The van der Waals surface area contributed by atoms with Gasteiger partial charge in [-0.15, -0.1) is 0 Å². The first-order valence-electron chi connectivity index (χ1n) is 5.17. The van der Waals surface area contributed by atoms with Crippen molar-refractivity contribution in [3.05, 3.63) is 0 Å². The lowest BCUT2D eigenvalue weighted by Gasteiger charge is -2.04. The van der Waals surface area contributed by atoms with Crippen LogP contribution in [0.2, 0.25) is 0 Å². The molecular weight excluding hydrogens is 180 g/mol. The second-order valence-electron chi connectivity index (χ2n) is 3.93. The first-order chi connectivity index (χ1) is 6.52. The molecule has 3 heteroatoms. The minimum atomic E-state index is -0.251. The van der Waals surface area contributed by atoms with Gasteiger partial charge in [0.1, 0.15) is 5.78 Å². The van der Waals surface area contributed by atoms with Gasteiger partial charge in [0, 0.05) is 19.8 Å². The van der Waals surface area contributed by atoms with E-state index in [2.05, 4.69) is 0 Å². The predicted molar refractivity (Wildman–Crippen MR) is 54.9 cm³/mol. The van der Waals surface area contributed by atoms with E-state index in [1.807, 2.05) is 13.8 Å². The maximum atomic E-state index is 11.2. The molecule has 0 aromatic rings. The number of carbonyl (C=O) groups is 2. The van der Waals surface area contributed by atoms with Crippen LogP contribution < -0.4 is 0 Å². The highest BCUT2D eigenvalue weighted by Gasteiger charge is 2.04. The fraction of sp³-hybridized carbons (Fsp3) is 0.818. The number of unbranched alkanes of at least 4 members (excludes halogenated alkanes) is 1. The zero-order chi connectivity index (χ0) is 11.0. The lowest BCUT2D eigenvalue weighted by molar-refractivity contribution is -0.141. The van der Waals surface area contributed by atoms with Crippen molar-refractivity contribution in [1.29, 1.82) is 0 Å². The highest BCUT2D eigenvalue weighted by molar-refractivity contribution is 5.78. The van der Waals surface area contributed by atoms with Gasteiger partial charge in [-0.25, -0.2) is 0 Å². The third-order valence-electron chi connectivity index (χ3n) is 1.79. The van der Waals surface area contributed by atoms with Gasteiger partial charge in [0.15, 0.2) is 0 Å². The fourth-order valence-electron chi connectivity index (χ4n) is 1.20. The predicted octanol–water partition coefficient (Wildman–Crippen LogP) is 2.33. The number of carbonyl (C=O) groups excluding carboxylic acids is 2. The first-order valence-corrected chi connectivity index (χ1v) is 5.17. The number of ketones is 1. The van der Waals surface area contributed by atoms with Gasteiger partial charge in [-0.1, -0.05) is 13.8 Å². The maximum Gasteiger partial charge on any atom is 0.302 e. The van der Waals surface area contributed by atoms with E-state index in [0.29, 0.717) is 31.1 Å². The van der Waals surface area contributed by atoms with E-state index < -0.39 is 0 Å². The summed E-state index contributed by atoms with van der Waals surface area (Å²) in [5, 5.41) is 0. The Bertz CT molecular complexity index is 185. The molecular formula is C11H20O3. The summed E-state index contributed by atoms with van der Waals surface area (Å²) in [5.74, 6) is 0.498. The van der Waals surface area contributed by atoms with Crippen molar-refractivity contribution in [3.8, 4) is 0 Å². The minimum Gasteiger partial charge on any atom is -0.466 e. The van der Waals surface area contributed by atoms with Crippen LogP contribution in [0.4, 0.5) is 0 Å². The van der Waals surface area contributed by atoms with E-state index in [-0.39, 0.29) is 5.97 Å². The fourth-order valence-corrected chi connectivity index (χ4v) is 1.20. The van der Waals surface area contributed by atoms with Crippen LogP contribution >= 0.6 is 0 Å². The number of hydrogen-bond donors (Lipinski definition) is 0. The van der Waals surface area contributed by atoms with Gasteiger partial charge in [0.05, 0.1) is 6.61 Å². The quantitative estimate of drug-likeness (QED) is 0.468. The summed E-state index contributed by atoms with van der Waals surface area (Å²) in [6, 6.07) is 0. The molecule has 82 valence electrons. The molecule has 0 rings (SSSR count). The Hall–Kier alpha value is -0.860. The average molecular weight is 200 g/mol. The highest BCUT2D eigenvalue weighted by Crippen LogP contribution is 2.06. The third-order valence-corrected chi connectivity index (χ3v) is 1.79. The Morgan fingerprint density at radius 2 is 1.86 bits per heavy atom. The molecule has 0 unspecified atom stereocenters. The molecule has 0 radical (unpaired) electrons. The minimum absolute atomic E-state index is 0.251. The van der Waals surface area contributed by atoms with Crippen molar-refractivity contribution in [2.24, 2.45) is 5.92 Å². The summed E-state index contributed by atoms with van der Waals surface area (Å²) >= 11 is 0. The van der Waals surface area contributed by atoms with Crippen molar-refractivity contribution in [3.63, 3.8) is 0 Å². The summed E-state index contributed by atoms with van der Waals surface area (Å²) in [6.45, 7) is 5.90. The molecule has 0 aromatic heterocycles. The smallest absolute Gasteiger partial charge is 0.302 e. The molecule has 0 N–H and O–H groups in total. The molecule has 0 bridgehead atoms. The van der Waals surface area contributed by atoms with E-state index in [1.54, 1.807) is 0 Å². The molecule has 0 saturated carbocycles. The van der Waals surface area contributed by atoms with Gasteiger partial charge in [0.25, 0.3) is 0 Å². The molecule has 0 saturated heterocycles. The normalized spacial score (nSPS) is 10.3. The van der Waals surface area contributed by atoms with Crippen LogP contribution in [0.3, 0.4) is 0 Å². The van der Waals surface area contributed by atoms with Crippen LogP contribution in [0.25, 0.3) is 0 Å². The number of Topliss-reactive ketones (excluding diaryl/α,β-unsaturated/α-hetero) is 1. The number of hydrogen-bond acceptors (Lipinski definition) is 3. The van der Waals surface area contributed by atoms with Crippen molar-refractivity contribution >= 4 is 11.8 Å². The van der Waals surface area contributed by atoms with Crippen LogP contribution in [-0.4, -0.2) is 18.4 Å². The Balaban J connectivity index is 3.27. The SMILES string of the molecule is CC(=O)OCCCCC(=O)CC(C)C. The van der Waals surface area contributed by atoms with Gasteiger partial charge < -0.3 is 4.74 Å². The van der Waals surface area contributed by atoms with E-state index in [4.69, 9.17) is 4.74 Å². The monoisotopic (exact) mass is 200 g/mol. The van der Waals surface area contributed by atoms with Crippen molar-refractivity contribution in [2.45, 2.75) is 46.5 Å². The number of ether oxygens (including phenoxy) is 1. The molecule has 3 nitrogen and oxygen atoms in total. The molecule has 14 heavy (non-hydrogen) atoms. The third kappa shape index (κ3) is 9.23. The van der Waals surface area contributed by atoms with Crippen LogP contribution in [0, 0.1) is 5.92 Å². The van der Waals surface area contributed by atoms with E-state index in [0.717, 1.165) is 12.8 Å². The van der Waals surface area contributed by atoms with Crippen LogP contribution in [0.5, 0.6) is 0 Å². The maximum absolute atomic E-state index is 11.2. The summed E-state index contributed by atoms with van der Waals surface area (Å²) < 4.78 is 4.75. The van der Waals surface area contributed by atoms with Gasteiger partial charge in [-0.3, -0.25) is 9.59 Å². The highest BCUT2D eigenvalue weighted by atomic mass is 16.5. The molecule has 0 amide bonds. The largest absolute Gasteiger partial charge is 0.466 e. The van der Waals surface area contributed by atoms with E-state index in [1.165, 1.54) is 6.92 Å². The van der Waals surface area contributed by atoms with Crippen LogP contribution in [0.15, 0.2) is 0 Å². The Kier molecular flexibility index (Phi) is 7.07. The van der Waals surface area contributed by atoms with Gasteiger partial charge >= 0.3 is 5.97 Å². The number of rotatable bonds is 7. The molecule has 0 spiro atoms. The second kappa shape index (κ2) is 7.54. The Morgan fingerprint density at radius 3 is 2.36 bits per heavy atom. The molecule has 0 atom stereocenters. The van der Waals surface area contributed by atoms with Crippen LogP contribution in [0.1, 0.15) is 46.5 Å². The summed E-state index contributed by atoms with van der Waals surface area (Å²) in [5.41, 5.74) is 0. The molecule has 0 fully saturated rings. The lowest BCUT2D eigenvalue weighted by atomic mass is 10.0. The van der Waals surface area contributed by atoms with Crippen LogP contribution in [-0.2, 0) is 14.3 Å². The molecule has 0 aliphatic carbocycles. The standard InChI is InChI=1S/C11H20O3/c1-9(2)8-11(13)6-4-5-7-14-10(3)12/h9H,4-8H2,1-3H3. The number of esters is 1. The van der Waals surface area contributed by atoms with Gasteiger partial charge in [-0.2, -0.15) is 0 Å². The summed E-state index contributed by atoms with van der Waals surface area (Å²) in [6.07, 6.45) is 2.87. The summed E-state index contributed by atoms with van der Waals surface area (Å²) in [4.78, 5) is 21.6. The molecule has 0 aromatic carbocycles. The van der Waals surface area contributed by atoms with Gasteiger partial charge in [-0.05, 0) is 18.8 Å². The first kappa shape index (κ1) is 13.1. The molecule has 0 aliphatic heterocycles. The Labute approximate surface area is 85.8 Å². The van der Waals surface area contributed by atoms with E-state index >= 15 is 0 Å². The summed E-state index contributed by atoms with van der Waals surface area (Å²) in [7, 11) is 0. The average Bonchev–Trinajstić information content (AvgIpc) is 2.01. The van der Waals surface area contributed by atoms with Crippen molar-refractivity contribution in [1.82, 2.24) is 0 Å². The van der Waals surface area contributed by atoms with Crippen molar-refractivity contribution in [2.75, 3.05) is 6.61 Å². The zero-order valence-electron chi connectivity index (χ0n) is 9.34.